The lowest BCUT2D eigenvalue weighted by Gasteiger charge is -2.26. The molecule has 0 aromatic rings. The van der Waals surface area contributed by atoms with Crippen LogP contribution in [-0.4, -0.2) is 24.5 Å². The summed E-state index contributed by atoms with van der Waals surface area (Å²) in [5.41, 5.74) is 1.48. The minimum absolute atomic E-state index is 0.973. The van der Waals surface area contributed by atoms with Gasteiger partial charge in [-0.25, -0.2) is 0 Å². The van der Waals surface area contributed by atoms with E-state index in [1.807, 2.05) is 0 Å². The van der Waals surface area contributed by atoms with Crippen molar-refractivity contribution >= 4 is 0 Å². The SMILES string of the molecule is C=C1CCC(CCN(CC)CC)CC1. The van der Waals surface area contributed by atoms with Gasteiger partial charge in [0.25, 0.3) is 0 Å². The Morgan fingerprint density at radius 3 is 2.29 bits per heavy atom. The largest absolute Gasteiger partial charge is 0.304 e. The Kier molecular flexibility index (Phi) is 5.24. The van der Waals surface area contributed by atoms with Crippen molar-refractivity contribution in [2.45, 2.75) is 46.0 Å². The minimum Gasteiger partial charge on any atom is -0.304 e. The molecular weight excluding hydrogens is 170 g/mol. The van der Waals surface area contributed by atoms with Crippen molar-refractivity contribution in [1.29, 1.82) is 0 Å². The fraction of sp³-hybridized carbons (Fsp3) is 0.846. The lowest BCUT2D eigenvalue weighted by Crippen LogP contribution is -2.26. The van der Waals surface area contributed by atoms with Gasteiger partial charge >= 0.3 is 0 Å². The first-order chi connectivity index (χ1) is 6.76. The summed E-state index contributed by atoms with van der Waals surface area (Å²) >= 11 is 0. The summed E-state index contributed by atoms with van der Waals surface area (Å²) in [6, 6.07) is 0. The van der Waals surface area contributed by atoms with Crippen LogP contribution in [0.4, 0.5) is 0 Å². The molecule has 0 unspecified atom stereocenters. The molecule has 1 nitrogen and oxygen atoms in total. The van der Waals surface area contributed by atoms with Crippen LogP contribution in [0.2, 0.25) is 0 Å². The molecule has 1 aliphatic rings. The van der Waals surface area contributed by atoms with Gasteiger partial charge in [0, 0.05) is 0 Å². The van der Waals surface area contributed by atoms with Gasteiger partial charge in [0.1, 0.15) is 0 Å². The number of hydrogen-bond acceptors (Lipinski definition) is 1. The van der Waals surface area contributed by atoms with Gasteiger partial charge in [0.2, 0.25) is 0 Å². The van der Waals surface area contributed by atoms with Gasteiger partial charge in [0.15, 0.2) is 0 Å². The second-order valence-electron chi connectivity index (χ2n) is 4.51. The van der Waals surface area contributed by atoms with Crippen LogP contribution in [0.3, 0.4) is 0 Å². The lowest BCUT2D eigenvalue weighted by atomic mass is 9.84. The molecule has 82 valence electrons. The van der Waals surface area contributed by atoms with Crippen LogP contribution >= 0.6 is 0 Å². The molecule has 14 heavy (non-hydrogen) atoms. The summed E-state index contributed by atoms with van der Waals surface area (Å²) in [7, 11) is 0. The average Bonchev–Trinajstić information content (AvgIpc) is 2.22. The van der Waals surface area contributed by atoms with Crippen molar-refractivity contribution in [3.63, 3.8) is 0 Å². The highest BCUT2D eigenvalue weighted by molar-refractivity contribution is 4.98. The molecule has 0 bridgehead atoms. The number of nitrogens with zero attached hydrogens (tertiary/aromatic N) is 1. The third-order valence-corrected chi connectivity index (χ3v) is 3.56. The Balaban J connectivity index is 2.15. The standard InChI is InChI=1S/C13H25N/c1-4-14(5-2)11-10-13-8-6-12(3)7-9-13/h13H,3-11H2,1-2H3. The molecule has 0 aliphatic heterocycles. The highest BCUT2D eigenvalue weighted by atomic mass is 15.1. The van der Waals surface area contributed by atoms with Gasteiger partial charge in [-0.3, -0.25) is 0 Å². The van der Waals surface area contributed by atoms with Crippen molar-refractivity contribution in [3.8, 4) is 0 Å². The molecule has 0 atom stereocenters. The average molecular weight is 195 g/mol. The zero-order chi connectivity index (χ0) is 10.4. The van der Waals surface area contributed by atoms with E-state index in [2.05, 4.69) is 25.3 Å². The van der Waals surface area contributed by atoms with Gasteiger partial charge in [0.05, 0.1) is 0 Å². The first kappa shape index (κ1) is 11.8. The normalized spacial score (nSPS) is 19.2. The topological polar surface area (TPSA) is 3.24 Å². The fourth-order valence-corrected chi connectivity index (χ4v) is 2.28. The highest BCUT2D eigenvalue weighted by Crippen LogP contribution is 2.29. The second-order valence-corrected chi connectivity index (χ2v) is 4.51. The third kappa shape index (κ3) is 3.83. The molecule has 0 N–H and O–H groups in total. The molecule has 0 saturated heterocycles. The molecular formula is C13H25N. The van der Waals surface area contributed by atoms with Gasteiger partial charge in [-0.1, -0.05) is 26.0 Å². The number of allylic oxidation sites excluding steroid dienone is 1. The quantitative estimate of drug-likeness (QED) is 0.607. The van der Waals surface area contributed by atoms with Crippen molar-refractivity contribution in [2.24, 2.45) is 5.92 Å². The molecule has 1 rings (SSSR count). The summed E-state index contributed by atoms with van der Waals surface area (Å²) in [6.07, 6.45) is 6.74. The van der Waals surface area contributed by atoms with Crippen LogP contribution in [-0.2, 0) is 0 Å². The Bertz CT molecular complexity index is 160. The zero-order valence-corrected chi connectivity index (χ0v) is 9.89. The third-order valence-electron chi connectivity index (χ3n) is 3.56. The van der Waals surface area contributed by atoms with E-state index in [0.29, 0.717) is 0 Å². The second kappa shape index (κ2) is 6.23. The molecule has 0 spiro atoms. The van der Waals surface area contributed by atoms with Gasteiger partial charge < -0.3 is 4.90 Å². The first-order valence-electron chi connectivity index (χ1n) is 6.15. The molecule has 1 aliphatic carbocycles. The maximum atomic E-state index is 4.07. The minimum atomic E-state index is 0.973. The van der Waals surface area contributed by atoms with Gasteiger partial charge in [-0.2, -0.15) is 0 Å². The van der Waals surface area contributed by atoms with Crippen molar-refractivity contribution in [3.05, 3.63) is 12.2 Å². The van der Waals surface area contributed by atoms with Crippen molar-refractivity contribution < 1.29 is 0 Å². The van der Waals surface area contributed by atoms with Crippen LogP contribution in [0.5, 0.6) is 0 Å². The maximum absolute atomic E-state index is 4.07. The Labute approximate surface area is 89.2 Å². The summed E-state index contributed by atoms with van der Waals surface area (Å²) < 4.78 is 0. The van der Waals surface area contributed by atoms with E-state index >= 15 is 0 Å². The van der Waals surface area contributed by atoms with Crippen molar-refractivity contribution in [2.75, 3.05) is 19.6 Å². The summed E-state index contributed by atoms with van der Waals surface area (Å²) in [5, 5.41) is 0. The van der Waals surface area contributed by atoms with Crippen LogP contribution < -0.4 is 0 Å². The molecule has 0 radical (unpaired) electrons. The monoisotopic (exact) mass is 195 g/mol. The van der Waals surface area contributed by atoms with E-state index in [4.69, 9.17) is 0 Å². The summed E-state index contributed by atoms with van der Waals surface area (Å²) in [5.74, 6) is 0.973. The predicted molar refractivity (Wildman–Crippen MR) is 63.5 cm³/mol. The van der Waals surface area contributed by atoms with E-state index in [-0.39, 0.29) is 0 Å². The van der Waals surface area contributed by atoms with E-state index in [1.54, 1.807) is 0 Å². The first-order valence-corrected chi connectivity index (χ1v) is 6.15. The molecule has 1 fully saturated rings. The molecule has 0 amide bonds. The predicted octanol–water partition coefficient (Wildman–Crippen LogP) is 3.46. The number of rotatable bonds is 5. The molecule has 0 heterocycles. The van der Waals surface area contributed by atoms with Gasteiger partial charge in [-0.05, 0) is 57.7 Å². The van der Waals surface area contributed by atoms with E-state index in [0.717, 1.165) is 5.92 Å². The maximum Gasteiger partial charge on any atom is -0.00163 e. The van der Waals surface area contributed by atoms with Crippen LogP contribution in [0.15, 0.2) is 12.2 Å². The molecule has 0 aromatic carbocycles. The summed E-state index contributed by atoms with van der Waals surface area (Å²) in [4.78, 5) is 2.53. The number of hydrogen-bond donors (Lipinski definition) is 0. The Morgan fingerprint density at radius 2 is 1.79 bits per heavy atom. The van der Waals surface area contributed by atoms with Crippen LogP contribution in [0.25, 0.3) is 0 Å². The van der Waals surface area contributed by atoms with Crippen LogP contribution in [0.1, 0.15) is 46.0 Å². The molecule has 0 aromatic heterocycles. The lowest BCUT2D eigenvalue weighted by molar-refractivity contribution is 0.259. The molecule has 1 saturated carbocycles. The van der Waals surface area contributed by atoms with E-state index in [9.17, 15) is 0 Å². The highest BCUT2D eigenvalue weighted by Gasteiger charge is 2.15. The fourth-order valence-electron chi connectivity index (χ4n) is 2.28. The van der Waals surface area contributed by atoms with Gasteiger partial charge in [-0.15, -0.1) is 0 Å². The van der Waals surface area contributed by atoms with E-state index in [1.165, 1.54) is 57.3 Å². The Hall–Kier alpha value is -0.300. The van der Waals surface area contributed by atoms with Crippen molar-refractivity contribution in [1.82, 2.24) is 4.90 Å². The smallest absolute Gasteiger partial charge is 0.00163 e. The zero-order valence-electron chi connectivity index (χ0n) is 9.89. The summed E-state index contributed by atoms with van der Waals surface area (Å²) in [6.45, 7) is 12.3. The van der Waals surface area contributed by atoms with Crippen LogP contribution in [0, 0.1) is 5.92 Å². The molecule has 1 heteroatoms. The van der Waals surface area contributed by atoms with E-state index < -0.39 is 0 Å². The Morgan fingerprint density at radius 1 is 1.21 bits per heavy atom.